The van der Waals surface area contributed by atoms with Gasteiger partial charge in [-0.2, -0.15) is 0 Å². The van der Waals surface area contributed by atoms with E-state index in [0.717, 1.165) is 5.56 Å². The monoisotopic (exact) mass is 402 g/mol. The molecule has 3 aromatic rings. The first-order chi connectivity index (χ1) is 13.0. The minimum absolute atomic E-state index is 0.220. The quantitative estimate of drug-likeness (QED) is 0.684. The molecule has 0 aliphatic rings. The van der Waals surface area contributed by atoms with E-state index in [1.54, 1.807) is 49.6 Å². The number of benzene rings is 2. The SMILES string of the molecule is COc1ccc(NC(=O)c2ccc(=O)n(Cc3ccc(Cl)c(Cl)c3)c2)cc1. The molecule has 1 aromatic heterocycles. The second-order valence-electron chi connectivity index (χ2n) is 5.82. The molecule has 3 rings (SSSR count). The van der Waals surface area contributed by atoms with Crippen LogP contribution in [0.4, 0.5) is 5.69 Å². The fourth-order valence-corrected chi connectivity index (χ4v) is 2.82. The summed E-state index contributed by atoms with van der Waals surface area (Å²) in [4.78, 5) is 24.6. The predicted octanol–water partition coefficient (Wildman–Crippen LogP) is 4.46. The van der Waals surface area contributed by atoms with E-state index in [4.69, 9.17) is 27.9 Å². The van der Waals surface area contributed by atoms with Gasteiger partial charge in [-0.15, -0.1) is 0 Å². The Morgan fingerprint density at radius 1 is 1.04 bits per heavy atom. The van der Waals surface area contributed by atoms with Gasteiger partial charge < -0.3 is 14.6 Å². The van der Waals surface area contributed by atoms with E-state index in [9.17, 15) is 9.59 Å². The van der Waals surface area contributed by atoms with Crippen LogP contribution in [0.2, 0.25) is 10.0 Å². The molecule has 27 heavy (non-hydrogen) atoms. The predicted molar refractivity (Wildman–Crippen MR) is 107 cm³/mol. The number of pyridine rings is 1. The van der Waals surface area contributed by atoms with Gasteiger partial charge in [0.1, 0.15) is 5.75 Å². The summed E-state index contributed by atoms with van der Waals surface area (Å²) in [6.45, 7) is 0.277. The number of nitrogens with one attached hydrogen (secondary N) is 1. The van der Waals surface area contributed by atoms with E-state index < -0.39 is 0 Å². The fourth-order valence-electron chi connectivity index (χ4n) is 2.50. The van der Waals surface area contributed by atoms with Gasteiger partial charge in [-0.1, -0.05) is 29.3 Å². The van der Waals surface area contributed by atoms with Crippen LogP contribution in [0.5, 0.6) is 5.75 Å². The average molecular weight is 403 g/mol. The van der Waals surface area contributed by atoms with Crippen LogP contribution in [0.3, 0.4) is 0 Å². The molecule has 0 bridgehead atoms. The number of rotatable bonds is 5. The zero-order valence-corrected chi connectivity index (χ0v) is 15.9. The average Bonchev–Trinajstić information content (AvgIpc) is 2.67. The van der Waals surface area contributed by atoms with E-state index in [1.165, 1.54) is 22.9 Å². The van der Waals surface area contributed by atoms with Crippen molar-refractivity contribution in [2.24, 2.45) is 0 Å². The maximum atomic E-state index is 12.5. The number of anilines is 1. The number of ether oxygens (including phenoxy) is 1. The highest BCUT2D eigenvalue weighted by atomic mass is 35.5. The number of amides is 1. The summed E-state index contributed by atoms with van der Waals surface area (Å²) in [5, 5.41) is 3.65. The topological polar surface area (TPSA) is 60.3 Å². The summed E-state index contributed by atoms with van der Waals surface area (Å²) in [6.07, 6.45) is 1.52. The lowest BCUT2D eigenvalue weighted by molar-refractivity contribution is 0.102. The molecule has 2 aromatic carbocycles. The van der Waals surface area contributed by atoms with Crippen molar-refractivity contribution in [2.75, 3.05) is 12.4 Å². The maximum Gasteiger partial charge on any atom is 0.257 e. The summed E-state index contributed by atoms with van der Waals surface area (Å²) in [7, 11) is 1.57. The molecule has 1 amide bonds. The van der Waals surface area contributed by atoms with Gasteiger partial charge in [0.05, 0.1) is 29.3 Å². The molecule has 1 N–H and O–H groups in total. The Balaban J connectivity index is 1.80. The lowest BCUT2D eigenvalue weighted by Gasteiger charge is -2.10. The number of carbonyl (C=O) groups is 1. The minimum Gasteiger partial charge on any atom is -0.497 e. The summed E-state index contributed by atoms with van der Waals surface area (Å²) < 4.78 is 6.54. The Bertz CT molecular complexity index is 1030. The normalized spacial score (nSPS) is 10.5. The van der Waals surface area contributed by atoms with Crippen molar-refractivity contribution in [1.29, 1.82) is 0 Å². The van der Waals surface area contributed by atoms with Crippen LogP contribution in [0.1, 0.15) is 15.9 Å². The van der Waals surface area contributed by atoms with Crippen LogP contribution in [0.25, 0.3) is 0 Å². The number of nitrogens with zero attached hydrogens (tertiary/aromatic N) is 1. The first-order valence-corrected chi connectivity index (χ1v) is 8.81. The van der Waals surface area contributed by atoms with E-state index >= 15 is 0 Å². The van der Waals surface area contributed by atoms with E-state index in [2.05, 4.69) is 5.32 Å². The number of halogens is 2. The summed E-state index contributed by atoms with van der Waals surface area (Å²) in [5.74, 6) is 0.381. The van der Waals surface area contributed by atoms with Gasteiger partial charge >= 0.3 is 0 Å². The minimum atomic E-state index is -0.317. The van der Waals surface area contributed by atoms with Crippen molar-refractivity contribution < 1.29 is 9.53 Å². The van der Waals surface area contributed by atoms with Gasteiger partial charge in [0.2, 0.25) is 0 Å². The number of carbonyl (C=O) groups excluding carboxylic acids is 1. The molecule has 0 saturated heterocycles. The molecule has 0 aliphatic heterocycles. The van der Waals surface area contributed by atoms with E-state index in [1.807, 2.05) is 0 Å². The van der Waals surface area contributed by atoms with Gasteiger partial charge in [-0.3, -0.25) is 9.59 Å². The van der Waals surface area contributed by atoms with Crippen molar-refractivity contribution in [3.8, 4) is 5.75 Å². The third-order valence-corrected chi connectivity index (χ3v) is 4.67. The highest BCUT2D eigenvalue weighted by Gasteiger charge is 2.09. The molecule has 1 heterocycles. The third-order valence-electron chi connectivity index (χ3n) is 3.93. The number of hydrogen-bond donors (Lipinski definition) is 1. The van der Waals surface area contributed by atoms with Gasteiger partial charge in [-0.05, 0) is 48.0 Å². The molecule has 0 atom stereocenters. The maximum absolute atomic E-state index is 12.5. The summed E-state index contributed by atoms with van der Waals surface area (Å²) >= 11 is 11.9. The lowest BCUT2D eigenvalue weighted by Crippen LogP contribution is -2.22. The Hall–Kier alpha value is -2.76. The largest absolute Gasteiger partial charge is 0.497 e. The Morgan fingerprint density at radius 2 is 1.78 bits per heavy atom. The van der Waals surface area contributed by atoms with Gasteiger partial charge in [0.15, 0.2) is 0 Å². The molecular formula is C20H16Cl2N2O3. The van der Waals surface area contributed by atoms with Crippen LogP contribution in [-0.4, -0.2) is 17.6 Å². The van der Waals surface area contributed by atoms with Crippen LogP contribution in [0, 0.1) is 0 Å². The fraction of sp³-hybridized carbons (Fsp3) is 0.100. The number of hydrogen-bond acceptors (Lipinski definition) is 3. The van der Waals surface area contributed by atoms with Crippen molar-refractivity contribution in [1.82, 2.24) is 4.57 Å². The van der Waals surface area contributed by atoms with Crippen LogP contribution >= 0.6 is 23.2 Å². The van der Waals surface area contributed by atoms with Crippen LogP contribution < -0.4 is 15.6 Å². The van der Waals surface area contributed by atoms with Crippen LogP contribution in [0.15, 0.2) is 65.6 Å². The van der Waals surface area contributed by atoms with Crippen molar-refractivity contribution in [3.05, 3.63) is 92.3 Å². The highest BCUT2D eigenvalue weighted by molar-refractivity contribution is 6.42. The van der Waals surface area contributed by atoms with Crippen molar-refractivity contribution in [3.63, 3.8) is 0 Å². The Labute approximate surface area is 166 Å². The zero-order chi connectivity index (χ0) is 19.4. The zero-order valence-electron chi connectivity index (χ0n) is 14.4. The van der Waals surface area contributed by atoms with Gasteiger partial charge in [0.25, 0.3) is 11.5 Å². The third kappa shape index (κ3) is 4.70. The summed E-state index contributed by atoms with van der Waals surface area (Å²) in [5.41, 5.74) is 1.58. The molecule has 0 unspecified atom stereocenters. The first-order valence-electron chi connectivity index (χ1n) is 8.06. The molecule has 0 spiro atoms. The molecule has 0 radical (unpaired) electrons. The molecule has 0 saturated carbocycles. The van der Waals surface area contributed by atoms with Crippen LogP contribution in [-0.2, 0) is 6.54 Å². The number of methoxy groups -OCH3 is 1. The Kier molecular flexibility index (Phi) is 5.84. The Morgan fingerprint density at radius 3 is 2.44 bits per heavy atom. The molecular weight excluding hydrogens is 387 g/mol. The van der Waals surface area contributed by atoms with Crippen molar-refractivity contribution in [2.45, 2.75) is 6.54 Å². The van der Waals surface area contributed by atoms with E-state index in [-0.39, 0.29) is 18.0 Å². The lowest BCUT2D eigenvalue weighted by atomic mass is 10.2. The molecule has 7 heteroatoms. The van der Waals surface area contributed by atoms with Gasteiger partial charge in [0, 0.05) is 18.0 Å². The van der Waals surface area contributed by atoms with Gasteiger partial charge in [-0.25, -0.2) is 0 Å². The number of aromatic nitrogens is 1. The second-order valence-corrected chi connectivity index (χ2v) is 6.63. The molecule has 138 valence electrons. The second kappa shape index (κ2) is 8.29. The van der Waals surface area contributed by atoms with Crippen molar-refractivity contribution >= 4 is 34.8 Å². The smallest absolute Gasteiger partial charge is 0.257 e. The highest BCUT2D eigenvalue weighted by Crippen LogP contribution is 2.23. The molecule has 5 nitrogen and oxygen atoms in total. The molecule has 0 fully saturated rings. The summed E-state index contributed by atoms with van der Waals surface area (Å²) in [6, 6.07) is 15.0. The molecule has 0 aliphatic carbocycles. The van der Waals surface area contributed by atoms with E-state index in [0.29, 0.717) is 27.0 Å². The first kappa shape index (κ1) is 19.0. The standard InChI is InChI=1S/C20H16Cl2N2O3/c1-27-16-6-4-15(5-7-16)23-20(26)14-3-9-19(25)24(12-14)11-13-2-8-17(21)18(22)10-13/h2-10,12H,11H2,1H3,(H,23,26).